The van der Waals surface area contributed by atoms with Crippen LogP contribution in [0.2, 0.25) is 0 Å². The van der Waals surface area contributed by atoms with E-state index in [0.29, 0.717) is 13.1 Å². The van der Waals surface area contributed by atoms with Gasteiger partial charge in [0.25, 0.3) is 0 Å². The Morgan fingerprint density at radius 3 is 2.34 bits per heavy atom. The molecule has 168 valence electrons. The first-order valence-electron chi connectivity index (χ1n) is 11.1. The van der Waals surface area contributed by atoms with Crippen LogP contribution in [0.3, 0.4) is 0 Å². The molecule has 1 aliphatic rings. The number of rotatable bonds is 7. The molecule has 1 saturated heterocycles. The average Bonchev–Trinajstić information content (AvgIpc) is 3.34. The van der Waals surface area contributed by atoms with Gasteiger partial charge < -0.3 is 20.4 Å². The number of aliphatic imine (C=N–C) groups is 1. The van der Waals surface area contributed by atoms with Gasteiger partial charge in [-0.3, -0.25) is 9.67 Å². The molecule has 1 fully saturated rings. The van der Waals surface area contributed by atoms with Crippen molar-refractivity contribution < 1.29 is 0 Å². The highest BCUT2D eigenvalue weighted by atomic mass is 15.3. The molecule has 0 amide bonds. The molecule has 0 atom stereocenters. The Morgan fingerprint density at radius 2 is 1.62 bits per heavy atom. The minimum absolute atomic E-state index is 0.671. The molecule has 2 N–H and O–H groups in total. The van der Waals surface area contributed by atoms with Gasteiger partial charge in [-0.2, -0.15) is 5.10 Å². The van der Waals surface area contributed by atoms with E-state index in [2.05, 4.69) is 72.9 Å². The third-order valence-corrected chi connectivity index (χ3v) is 5.80. The van der Waals surface area contributed by atoms with E-state index in [1.54, 1.807) is 7.05 Å². The lowest BCUT2D eigenvalue weighted by Crippen LogP contribution is -2.45. The lowest BCUT2D eigenvalue weighted by atomic mass is 10.1. The summed E-state index contributed by atoms with van der Waals surface area (Å²) in [7, 11) is 3.97. The molecule has 8 heteroatoms. The second-order valence-corrected chi connectivity index (χ2v) is 8.03. The van der Waals surface area contributed by atoms with Crippen molar-refractivity contribution in [1.29, 1.82) is 0 Å². The van der Waals surface area contributed by atoms with Gasteiger partial charge in [0.2, 0.25) is 0 Å². The summed E-state index contributed by atoms with van der Waals surface area (Å²) in [5, 5.41) is 11.2. The number of pyridine rings is 1. The number of benzene rings is 1. The topological polar surface area (TPSA) is 73.6 Å². The maximum atomic E-state index is 4.67. The van der Waals surface area contributed by atoms with Crippen molar-refractivity contribution >= 4 is 11.8 Å². The number of nitrogens with zero attached hydrogens (tertiary/aromatic N) is 6. The van der Waals surface area contributed by atoms with Crippen LogP contribution in [0, 0.1) is 0 Å². The summed E-state index contributed by atoms with van der Waals surface area (Å²) >= 11 is 0. The average molecular weight is 433 g/mol. The van der Waals surface area contributed by atoms with Gasteiger partial charge in [0.05, 0.1) is 6.54 Å². The Labute approximate surface area is 190 Å². The van der Waals surface area contributed by atoms with E-state index in [-0.39, 0.29) is 0 Å². The van der Waals surface area contributed by atoms with Crippen LogP contribution in [0.15, 0.2) is 66.0 Å². The first-order chi connectivity index (χ1) is 15.7. The number of hydrogen-bond donors (Lipinski definition) is 2. The van der Waals surface area contributed by atoms with E-state index >= 15 is 0 Å². The minimum Gasteiger partial charge on any atom is -0.354 e. The number of aromatic nitrogens is 3. The number of likely N-dealkylation sites (N-methyl/N-ethyl adjacent to an activating group) is 1. The molecule has 0 unspecified atom stereocenters. The van der Waals surface area contributed by atoms with Crippen molar-refractivity contribution in [3.8, 4) is 0 Å². The Kier molecular flexibility index (Phi) is 7.34. The first-order valence-corrected chi connectivity index (χ1v) is 11.1. The lowest BCUT2D eigenvalue weighted by Gasteiger charge is -2.34. The van der Waals surface area contributed by atoms with Gasteiger partial charge in [-0.05, 0) is 30.3 Å². The van der Waals surface area contributed by atoms with E-state index in [4.69, 9.17) is 0 Å². The zero-order valence-electron chi connectivity index (χ0n) is 18.9. The van der Waals surface area contributed by atoms with Gasteiger partial charge in [-0.15, -0.1) is 0 Å². The summed E-state index contributed by atoms with van der Waals surface area (Å²) in [6, 6.07) is 14.5. The molecule has 0 saturated carbocycles. The third kappa shape index (κ3) is 5.64. The van der Waals surface area contributed by atoms with Crippen molar-refractivity contribution in [3.63, 3.8) is 0 Å². The molecule has 0 spiro atoms. The van der Waals surface area contributed by atoms with Crippen molar-refractivity contribution in [3.05, 3.63) is 77.7 Å². The van der Waals surface area contributed by atoms with Crippen LogP contribution in [0.5, 0.6) is 0 Å². The quantitative estimate of drug-likeness (QED) is 0.439. The summed E-state index contributed by atoms with van der Waals surface area (Å²) < 4.78 is 1.94. The van der Waals surface area contributed by atoms with Crippen molar-refractivity contribution in [1.82, 2.24) is 30.3 Å². The highest BCUT2D eigenvalue weighted by Crippen LogP contribution is 2.18. The molecule has 0 bridgehead atoms. The maximum absolute atomic E-state index is 4.67. The number of hydrogen-bond acceptors (Lipinski definition) is 5. The molecule has 0 radical (unpaired) electrons. The van der Waals surface area contributed by atoms with Crippen LogP contribution in [0.25, 0.3) is 0 Å². The van der Waals surface area contributed by atoms with Crippen molar-refractivity contribution in [2.45, 2.75) is 19.6 Å². The van der Waals surface area contributed by atoms with Crippen molar-refractivity contribution in [2.24, 2.45) is 4.99 Å². The molecule has 3 aromatic rings. The van der Waals surface area contributed by atoms with Crippen LogP contribution in [0.1, 0.15) is 16.7 Å². The normalized spacial score (nSPS) is 15.1. The molecule has 4 rings (SSSR count). The fourth-order valence-electron chi connectivity index (χ4n) is 3.90. The number of anilines is 1. The smallest absolute Gasteiger partial charge is 0.191 e. The minimum atomic E-state index is 0.671. The standard InChI is InChI=1S/C24H32N8/c1-25-24(27-17-20-7-3-4-8-22(20)19-32-12-6-11-29-32)28-18-21-9-5-10-26-23(21)31-15-13-30(2)14-16-31/h3-12H,13-19H2,1-2H3,(H2,25,27,28). The summed E-state index contributed by atoms with van der Waals surface area (Å²) in [6.07, 6.45) is 5.67. The molecule has 2 aromatic heterocycles. The molecule has 0 aliphatic carbocycles. The molecule has 3 heterocycles. The van der Waals surface area contributed by atoms with Gasteiger partial charge >= 0.3 is 0 Å². The van der Waals surface area contributed by atoms with Gasteiger partial charge in [0, 0.05) is 70.5 Å². The zero-order chi connectivity index (χ0) is 22.2. The van der Waals surface area contributed by atoms with Crippen LogP contribution in [0.4, 0.5) is 5.82 Å². The van der Waals surface area contributed by atoms with Crippen LogP contribution in [-0.4, -0.2) is 65.9 Å². The zero-order valence-corrected chi connectivity index (χ0v) is 18.9. The highest BCUT2D eigenvalue weighted by molar-refractivity contribution is 5.79. The Morgan fingerprint density at radius 1 is 0.906 bits per heavy atom. The maximum Gasteiger partial charge on any atom is 0.191 e. The number of guanidine groups is 1. The second kappa shape index (κ2) is 10.8. The van der Waals surface area contributed by atoms with Crippen molar-refractivity contribution in [2.75, 3.05) is 45.2 Å². The molecule has 1 aromatic carbocycles. The summed E-state index contributed by atoms with van der Waals surface area (Å²) in [6.45, 7) is 6.23. The predicted molar refractivity (Wildman–Crippen MR) is 129 cm³/mol. The van der Waals surface area contributed by atoms with Crippen LogP contribution < -0.4 is 15.5 Å². The third-order valence-electron chi connectivity index (χ3n) is 5.80. The molecular formula is C24H32N8. The predicted octanol–water partition coefficient (Wildman–Crippen LogP) is 1.94. The van der Waals surface area contributed by atoms with Crippen LogP contribution >= 0.6 is 0 Å². The monoisotopic (exact) mass is 432 g/mol. The summed E-state index contributed by atoms with van der Waals surface area (Å²) in [5.74, 6) is 1.83. The van der Waals surface area contributed by atoms with E-state index in [1.165, 1.54) is 16.7 Å². The first kappa shape index (κ1) is 21.8. The Balaban J connectivity index is 1.36. The second-order valence-electron chi connectivity index (χ2n) is 8.03. The molecule has 1 aliphatic heterocycles. The van der Waals surface area contributed by atoms with Gasteiger partial charge in [0.15, 0.2) is 5.96 Å². The largest absolute Gasteiger partial charge is 0.354 e. The highest BCUT2D eigenvalue weighted by Gasteiger charge is 2.18. The van der Waals surface area contributed by atoms with Gasteiger partial charge in [-0.1, -0.05) is 30.3 Å². The van der Waals surface area contributed by atoms with E-state index in [9.17, 15) is 0 Å². The van der Waals surface area contributed by atoms with E-state index < -0.39 is 0 Å². The van der Waals surface area contributed by atoms with Crippen LogP contribution in [-0.2, 0) is 19.6 Å². The van der Waals surface area contributed by atoms with E-state index in [1.807, 2.05) is 35.4 Å². The summed E-state index contributed by atoms with van der Waals surface area (Å²) in [4.78, 5) is 13.8. The van der Waals surface area contributed by atoms with Gasteiger partial charge in [-0.25, -0.2) is 4.98 Å². The van der Waals surface area contributed by atoms with Gasteiger partial charge in [0.1, 0.15) is 5.82 Å². The fourth-order valence-corrected chi connectivity index (χ4v) is 3.90. The molecular weight excluding hydrogens is 400 g/mol. The Hall–Kier alpha value is -3.39. The fraction of sp³-hybridized carbons (Fsp3) is 0.375. The molecule has 32 heavy (non-hydrogen) atoms. The SMILES string of the molecule is CN=C(NCc1ccccc1Cn1cccn1)NCc1cccnc1N1CCN(C)CC1. The Bertz CT molecular complexity index is 1010. The van der Waals surface area contributed by atoms with E-state index in [0.717, 1.165) is 44.5 Å². The lowest BCUT2D eigenvalue weighted by molar-refractivity contribution is 0.312. The number of nitrogens with one attached hydrogen (secondary N) is 2. The summed E-state index contributed by atoms with van der Waals surface area (Å²) in [5.41, 5.74) is 3.65. The molecule has 8 nitrogen and oxygen atoms in total. The number of piperazine rings is 1.